The summed E-state index contributed by atoms with van der Waals surface area (Å²) in [5, 5.41) is 0. The first-order chi connectivity index (χ1) is 13.2. The zero-order valence-corrected chi connectivity index (χ0v) is 15.6. The third-order valence-electron chi connectivity index (χ3n) is 5.78. The summed E-state index contributed by atoms with van der Waals surface area (Å²) in [4.78, 5) is 34.9. The Labute approximate surface area is 158 Å². The van der Waals surface area contributed by atoms with Crippen LogP contribution in [-0.2, 0) is 22.5 Å². The molecule has 1 amide bonds. The van der Waals surface area contributed by atoms with Crippen LogP contribution in [0.5, 0.6) is 0 Å². The van der Waals surface area contributed by atoms with Gasteiger partial charge in [-0.15, -0.1) is 0 Å². The van der Waals surface area contributed by atoms with Crippen LogP contribution in [0, 0.1) is 5.92 Å². The molecule has 6 heteroatoms. The number of H-pyrrole nitrogens is 1. The van der Waals surface area contributed by atoms with Crippen LogP contribution in [0.3, 0.4) is 0 Å². The summed E-state index contributed by atoms with van der Waals surface area (Å²) >= 11 is 0. The summed E-state index contributed by atoms with van der Waals surface area (Å²) in [5.41, 5.74) is 2.19. The number of methoxy groups -OCH3 is 1. The van der Waals surface area contributed by atoms with Crippen LogP contribution in [-0.4, -0.2) is 40.5 Å². The minimum absolute atomic E-state index is 0.0496. The van der Waals surface area contributed by atoms with Crippen molar-refractivity contribution in [3.05, 3.63) is 51.9 Å². The zero-order chi connectivity index (χ0) is 18.8. The van der Waals surface area contributed by atoms with Gasteiger partial charge in [0.25, 0.3) is 5.56 Å². The van der Waals surface area contributed by atoms with Crippen molar-refractivity contribution in [2.24, 2.45) is 5.92 Å². The van der Waals surface area contributed by atoms with Crippen molar-refractivity contribution in [2.45, 2.75) is 44.8 Å². The highest BCUT2D eigenvalue weighted by Crippen LogP contribution is 2.29. The molecule has 2 aromatic rings. The van der Waals surface area contributed by atoms with E-state index in [2.05, 4.69) is 9.97 Å². The molecule has 0 atom stereocenters. The molecule has 27 heavy (non-hydrogen) atoms. The molecule has 0 saturated heterocycles. The molecule has 4 rings (SSSR count). The van der Waals surface area contributed by atoms with E-state index in [9.17, 15) is 9.59 Å². The first-order valence-electron chi connectivity index (χ1n) is 9.64. The van der Waals surface area contributed by atoms with E-state index in [1.807, 2.05) is 35.2 Å². The second kappa shape index (κ2) is 7.64. The Bertz CT molecular complexity index is 870. The summed E-state index contributed by atoms with van der Waals surface area (Å²) in [7, 11) is 1.73. The molecule has 1 fully saturated rings. The Hall–Kier alpha value is -2.47. The molecule has 2 aliphatic rings. The van der Waals surface area contributed by atoms with E-state index in [1.165, 1.54) is 0 Å². The van der Waals surface area contributed by atoms with Gasteiger partial charge in [-0.3, -0.25) is 9.59 Å². The van der Waals surface area contributed by atoms with E-state index in [1.54, 1.807) is 7.11 Å². The van der Waals surface area contributed by atoms with Crippen molar-refractivity contribution in [3.63, 3.8) is 0 Å². The largest absolute Gasteiger partial charge is 0.381 e. The van der Waals surface area contributed by atoms with E-state index < -0.39 is 0 Å². The van der Waals surface area contributed by atoms with E-state index in [-0.39, 0.29) is 23.5 Å². The number of hydrogen-bond acceptors (Lipinski definition) is 4. The maximum atomic E-state index is 12.9. The van der Waals surface area contributed by atoms with Gasteiger partial charge >= 0.3 is 0 Å². The minimum Gasteiger partial charge on any atom is -0.381 e. The predicted octanol–water partition coefficient (Wildman–Crippen LogP) is 2.53. The molecule has 2 heterocycles. The molecular formula is C21H25N3O3. The average molecular weight is 367 g/mol. The highest BCUT2D eigenvalue weighted by Gasteiger charge is 2.32. The normalized spacial score (nSPS) is 22.3. The van der Waals surface area contributed by atoms with Crippen molar-refractivity contribution < 1.29 is 9.53 Å². The molecule has 0 unspecified atom stereocenters. The molecule has 6 nitrogen and oxygen atoms in total. The van der Waals surface area contributed by atoms with Gasteiger partial charge in [-0.2, -0.15) is 0 Å². The number of aromatic nitrogens is 2. The summed E-state index contributed by atoms with van der Waals surface area (Å²) in [6, 6.07) is 9.64. The number of carbonyl (C=O) groups excluding carboxylic acids is 1. The first-order valence-corrected chi connectivity index (χ1v) is 9.64. The van der Waals surface area contributed by atoms with E-state index in [0.717, 1.165) is 36.9 Å². The van der Waals surface area contributed by atoms with Crippen molar-refractivity contribution in [3.8, 4) is 11.4 Å². The highest BCUT2D eigenvalue weighted by atomic mass is 16.5. The van der Waals surface area contributed by atoms with Gasteiger partial charge in [-0.1, -0.05) is 30.3 Å². The summed E-state index contributed by atoms with van der Waals surface area (Å²) in [6.45, 7) is 0.983. The lowest BCUT2D eigenvalue weighted by Crippen LogP contribution is -2.43. The number of nitrogens with zero attached hydrogens (tertiary/aromatic N) is 2. The third kappa shape index (κ3) is 3.67. The maximum absolute atomic E-state index is 12.9. The number of amides is 1. The van der Waals surface area contributed by atoms with Crippen LogP contribution in [0.15, 0.2) is 35.1 Å². The minimum atomic E-state index is -0.139. The molecule has 0 radical (unpaired) electrons. The van der Waals surface area contributed by atoms with Gasteiger partial charge in [0.2, 0.25) is 5.91 Å². The average Bonchev–Trinajstić information content (AvgIpc) is 2.73. The van der Waals surface area contributed by atoms with Crippen LogP contribution in [0.1, 0.15) is 36.9 Å². The Balaban J connectivity index is 1.50. The van der Waals surface area contributed by atoms with Crippen LogP contribution in [0.2, 0.25) is 0 Å². The Morgan fingerprint density at radius 3 is 2.63 bits per heavy atom. The smallest absolute Gasteiger partial charge is 0.256 e. The van der Waals surface area contributed by atoms with E-state index in [0.29, 0.717) is 30.9 Å². The van der Waals surface area contributed by atoms with Gasteiger partial charge < -0.3 is 14.6 Å². The number of carbonyl (C=O) groups is 1. The summed E-state index contributed by atoms with van der Waals surface area (Å²) in [5.74, 6) is 0.812. The Kier molecular flexibility index (Phi) is 5.07. The number of aromatic amines is 1. The topological polar surface area (TPSA) is 75.3 Å². The summed E-state index contributed by atoms with van der Waals surface area (Å²) < 4.78 is 5.40. The molecule has 142 valence electrons. The zero-order valence-electron chi connectivity index (χ0n) is 15.6. The van der Waals surface area contributed by atoms with Crippen molar-refractivity contribution in [1.29, 1.82) is 0 Å². The van der Waals surface area contributed by atoms with Gasteiger partial charge in [0.15, 0.2) is 0 Å². The molecule has 0 spiro atoms. The number of hydrogen-bond donors (Lipinski definition) is 1. The van der Waals surface area contributed by atoms with Gasteiger partial charge in [0.05, 0.1) is 23.9 Å². The quantitative estimate of drug-likeness (QED) is 0.905. The SMILES string of the molecule is COC1CCC(C(=O)N2CCc3nc(-c4ccccc4)[nH]c(=O)c3C2)CC1. The van der Waals surface area contributed by atoms with E-state index >= 15 is 0 Å². The molecule has 1 aliphatic carbocycles. The molecule has 1 N–H and O–H groups in total. The lowest BCUT2D eigenvalue weighted by atomic mass is 9.86. The fourth-order valence-electron chi connectivity index (χ4n) is 4.15. The Morgan fingerprint density at radius 1 is 1.19 bits per heavy atom. The van der Waals surface area contributed by atoms with Crippen LogP contribution in [0.25, 0.3) is 11.4 Å². The van der Waals surface area contributed by atoms with Crippen LogP contribution < -0.4 is 5.56 Å². The van der Waals surface area contributed by atoms with Gasteiger partial charge in [0.1, 0.15) is 5.82 Å². The van der Waals surface area contributed by atoms with Crippen molar-refractivity contribution in [2.75, 3.05) is 13.7 Å². The number of ether oxygens (including phenoxy) is 1. The second-order valence-corrected chi connectivity index (χ2v) is 7.42. The highest BCUT2D eigenvalue weighted by molar-refractivity contribution is 5.79. The molecule has 0 bridgehead atoms. The second-order valence-electron chi connectivity index (χ2n) is 7.42. The fourth-order valence-corrected chi connectivity index (χ4v) is 4.15. The lowest BCUT2D eigenvalue weighted by Gasteiger charge is -2.34. The van der Waals surface area contributed by atoms with Crippen molar-refractivity contribution in [1.82, 2.24) is 14.9 Å². The van der Waals surface area contributed by atoms with Gasteiger partial charge in [-0.25, -0.2) is 4.98 Å². The number of nitrogens with one attached hydrogen (secondary N) is 1. The lowest BCUT2D eigenvalue weighted by molar-refractivity contribution is -0.138. The molecular weight excluding hydrogens is 342 g/mol. The number of fused-ring (bicyclic) bond motifs is 1. The monoisotopic (exact) mass is 367 g/mol. The number of rotatable bonds is 3. The van der Waals surface area contributed by atoms with Crippen molar-refractivity contribution >= 4 is 5.91 Å². The molecule has 1 aliphatic heterocycles. The first kappa shape index (κ1) is 17.9. The van der Waals surface area contributed by atoms with Crippen LogP contribution >= 0.6 is 0 Å². The third-order valence-corrected chi connectivity index (χ3v) is 5.78. The van der Waals surface area contributed by atoms with Gasteiger partial charge in [-0.05, 0) is 25.7 Å². The van der Waals surface area contributed by atoms with E-state index in [4.69, 9.17) is 4.74 Å². The Morgan fingerprint density at radius 2 is 1.93 bits per heavy atom. The standard InChI is InChI=1S/C21H25N3O3/c1-27-16-9-7-15(8-10-16)21(26)24-12-11-18-17(13-24)20(25)23-19(22-18)14-5-3-2-4-6-14/h2-6,15-16H,7-13H2,1H3,(H,22,23,25). The summed E-state index contributed by atoms with van der Waals surface area (Å²) in [6.07, 6.45) is 4.49. The predicted molar refractivity (Wildman–Crippen MR) is 102 cm³/mol. The molecule has 1 aromatic heterocycles. The number of benzene rings is 1. The molecule has 1 saturated carbocycles. The fraction of sp³-hybridized carbons (Fsp3) is 0.476. The maximum Gasteiger partial charge on any atom is 0.256 e. The van der Waals surface area contributed by atoms with Crippen LogP contribution in [0.4, 0.5) is 0 Å². The van der Waals surface area contributed by atoms with Gasteiger partial charge in [0, 0.05) is 31.6 Å². The molecule has 1 aromatic carbocycles.